The number of hydrogen-bond donors (Lipinski definition) is 2. The molecule has 0 unspecified atom stereocenters. The first-order chi connectivity index (χ1) is 2.27. The minimum absolute atomic E-state index is 0. The van der Waals surface area contributed by atoms with Gasteiger partial charge in [0.25, 0.3) is 0 Å². The zero-order chi connectivity index (χ0) is 4.28. The molecule has 0 bridgehead atoms. The van der Waals surface area contributed by atoms with E-state index in [1.807, 2.05) is 0 Å². The Bertz CT molecular complexity index is 24.8. The summed E-state index contributed by atoms with van der Waals surface area (Å²) in [5, 5.41) is 0. The van der Waals surface area contributed by atoms with Crippen LogP contribution in [0.3, 0.4) is 0 Å². The molecule has 2 N–H and O–H groups in total. The molecule has 0 aliphatic heterocycles. The average molecular weight is 122 g/mol. The van der Waals surface area contributed by atoms with E-state index in [4.69, 9.17) is 9.79 Å². The monoisotopic (exact) mass is 122 g/mol. The quantitative estimate of drug-likeness (QED) is 0.344. The summed E-state index contributed by atoms with van der Waals surface area (Å²) in [5.41, 5.74) is 0. The smallest absolute Gasteiger partial charge is 0.326 e. The van der Waals surface area contributed by atoms with E-state index in [1.165, 1.54) is 7.11 Å². The standard InChI is InChI=1S/CH5O3P.Mg.2H/c1-4-5(2)3;;;/h2-3H,1H3;;;. The molecule has 0 fully saturated rings. The molecule has 3 nitrogen and oxygen atoms in total. The molecule has 0 saturated heterocycles. The minimum Gasteiger partial charge on any atom is -0.328 e. The summed E-state index contributed by atoms with van der Waals surface area (Å²) in [6, 6.07) is 0. The van der Waals surface area contributed by atoms with Crippen molar-refractivity contribution in [3.8, 4) is 0 Å². The lowest BCUT2D eigenvalue weighted by Gasteiger charge is -1.89. The highest BCUT2D eigenvalue weighted by molar-refractivity contribution is 7.39. The lowest BCUT2D eigenvalue weighted by Crippen LogP contribution is -1.67. The molecule has 0 spiro atoms. The molecule has 0 heterocycles. The first kappa shape index (κ1) is 10.1. The first-order valence-corrected chi connectivity index (χ1v) is 2.16. The predicted molar refractivity (Wildman–Crippen MR) is 26.9 cm³/mol. The van der Waals surface area contributed by atoms with E-state index in [9.17, 15) is 0 Å². The van der Waals surface area contributed by atoms with Gasteiger partial charge in [0, 0.05) is 7.11 Å². The normalized spacial score (nSPS) is 8.00. The molecule has 0 rings (SSSR count). The summed E-state index contributed by atoms with van der Waals surface area (Å²) in [6.45, 7) is 0. The Morgan fingerprint density at radius 1 is 1.50 bits per heavy atom. The fourth-order valence-electron chi connectivity index (χ4n) is 0. The minimum atomic E-state index is -2.10. The highest BCUT2D eigenvalue weighted by atomic mass is 31.2. The van der Waals surface area contributed by atoms with Crippen molar-refractivity contribution >= 4 is 31.7 Å². The van der Waals surface area contributed by atoms with Crippen LogP contribution in [0.25, 0.3) is 0 Å². The van der Waals surface area contributed by atoms with Crippen LogP contribution in [0.1, 0.15) is 0 Å². The fraction of sp³-hybridized carbons (Fsp3) is 1.00. The lowest BCUT2D eigenvalue weighted by molar-refractivity contribution is 0.310. The molecular weight excluding hydrogens is 115 g/mol. The maximum absolute atomic E-state index is 7.76. The summed E-state index contributed by atoms with van der Waals surface area (Å²) in [4.78, 5) is 15.5. The Balaban J connectivity index is 0. The van der Waals surface area contributed by atoms with Crippen LogP contribution in [0, 0.1) is 0 Å². The molecule has 0 aromatic heterocycles. The van der Waals surface area contributed by atoms with E-state index in [0.717, 1.165) is 0 Å². The van der Waals surface area contributed by atoms with Gasteiger partial charge in [-0.2, -0.15) is 0 Å². The van der Waals surface area contributed by atoms with Crippen molar-refractivity contribution in [2.24, 2.45) is 0 Å². The topological polar surface area (TPSA) is 49.7 Å². The van der Waals surface area contributed by atoms with E-state index in [-0.39, 0.29) is 23.1 Å². The zero-order valence-electron chi connectivity index (χ0n) is 2.75. The van der Waals surface area contributed by atoms with Gasteiger partial charge in [-0.1, -0.05) is 0 Å². The second kappa shape index (κ2) is 6.08. The summed E-state index contributed by atoms with van der Waals surface area (Å²) in [5.74, 6) is 0. The highest BCUT2D eigenvalue weighted by Crippen LogP contribution is 2.20. The van der Waals surface area contributed by atoms with Crippen LogP contribution < -0.4 is 0 Å². The van der Waals surface area contributed by atoms with Gasteiger partial charge in [0.05, 0.1) is 0 Å². The van der Waals surface area contributed by atoms with Crippen molar-refractivity contribution < 1.29 is 14.3 Å². The SMILES string of the molecule is COP(O)O.[MgH2]. The van der Waals surface area contributed by atoms with Crippen LogP contribution >= 0.6 is 8.60 Å². The zero-order valence-corrected chi connectivity index (χ0v) is 3.64. The van der Waals surface area contributed by atoms with Crippen LogP contribution in [0.4, 0.5) is 0 Å². The van der Waals surface area contributed by atoms with Gasteiger partial charge in [0.2, 0.25) is 0 Å². The number of hydrogen-bond acceptors (Lipinski definition) is 3. The van der Waals surface area contributed by atoms with Crippen molar-refractivity contribution in [2.45, 2.75) is 0 Å². The number of rotatable bonds is 1. The Labute approximate surface area is 53.5 Å². The molecule has 0 aliphatic carbocycles. The molecular formula is CH7MgO3P. The molecule has 0 aromatic rings. The van der Waals surface area contributed by atoms with E-state index in [2.05, 4.69) is 4.52 Å². The molecule has 0 aromatic carbocycles. The van der Waals surface area contributed by atoms with Gasteiger partial charge < -0.3 is 14.3 Å². The van der Waals surface area contributed by atoms with Crippen molar-refractivity contribution in [1.29, 1.82) is 0 Å². The third-order valence-corrected chi connectivity index (χ3v) is 0.490. The van der Waals surface area contributed by atoms with Crippen molar-refractivity contribution in [2.75, 3.05) is 7.11 Å². The van der Waals surface area contributed by atoms with Crippen molar-refractivity contribution in [1.82, 2.24) is 0 Å². The Hall–Kier alpha value is 1.08. The second-order valence-electron chi connectivity index (χ2n) is 0.435. The van der Waals surface area contributed by atoms with Gasteiger partial charge in [-0.05, 0) is 0 Å². The van der Waals surface area contributed by atoms with Gasteiger partial charge >= 0.3 is 31.7 Å². The van der Waals surface area contributed by atoms with Crippen LogP contribution in [-0.4, -0.2) is 39.9 Å². The maximum Gasteiger partial charge on any atom is 0.326 e. The maximum atomic E-state index is 7.76. The van der Waals surface area contributed by atoms with Gasteiger partial charge in [-0.25, -0.2) is 0 Å². The summed E-state index contributed by atoms with van der Waals surface area (Å²) in [7, 11) is -0.870. The average Bonchev–Trinajstić information content (AvgIpc) is 1.38. The van der Waals surface area contributed by atoms with E-state index >= 15 is 0 Å². The summed E-state index contributed by atoms with van der Waals surface area (Å²) >= 11 is 0. The third kappa shape index (κ3) is 8.91. The molecule has 36 valence electrons. The van der Waals surface area contributed by atoms with Crippen molar-refractivity contribution in [3.63, 3.8) is 0 Å². The molecule has 0 aliphatic rings. The molecule has 0 radical (unpaired) electrons. The van der Waals surface area contributed by atoms with Gasteiger partial charge in [-0.15, -0.1) is 0 Å². The summed E-state index contributed by atoms with van der Waals surface area (Å²) < 4.78 is 3.93. The van der Waals surface area contributed by atoms with Gasteiger partial charge in [-0.3, -0.25) is 0 Å². The molecule has 5 heteroatoms. The van der Waals surface area contributed by atoms with Crippen LogP contribution in [0.5, 0.6) is 0 Å². The molecule has 6 heavy (non-hydrogen) atoms. The van der Waals surface area contributed by atoms with E-state index < -0.39 is 8.60 Å². The van der Waals surface area contributed by atoms with Gasteiger partial charge in [0.1, 0.15) is 0 Å². The van der Waals surface area contributed by atoms with Crippen LogP contribution in [-0.2, 0) is 4.52 Å². The Morgan fingerprint density at radius 3 is 1.67 bits per heavy atom. The molecule has 0 saturated carbocycles. The highest BCUT2D eigenvalue weighted by Gasteiger charge is 1.86. The third-order valence-electron chi connectivity index (χ3n) is 0.163. The van der Waals surface area contributed by atoms with Crippen LogP contribution in [0.2, 0.25) is 0 Å². The fourth-order valence-corrected chi connectivity index (χ4v) is 0. The Morgan fingerprint density at radius 2 is 1.67 bits per heavy atom. The van der Waals surface area contributed by atoms with E-state index in [1.54, 1.807) is 0 Å². The predicted octanol–water partition coefficient (Wildman–Crippen LogP) is -1.07. The largest absolute Gasteiger partial charge is 0.328 e. The summed E-state index contributed by atoms with van der Waals surface area (Å²) in [6.07, 6.45) is 0. The van der Waals surface area contributed by atoms with E-state index in [0.29, 0.717) is 0 Å². The second-order valence-corrected chi connectivity index (χ2v) is 1.31. The Kier molecular flexibility index (Phi) is 10.3. The van der Waals surface area contributed by atoms with Crippen molar-refractivity contribution in [3.05, 3.63) is 0 Å². The molecule has 0 atom stereocenters. The van der Waals surface area contributed by atoms with Crippen LogP contribution in [0.15, 0.2) is 0 Å². The van der Waals surface area contributed by atoms with Gasteiger partial charge in [0.15, 0.2) is 0 Å². The lowest BCUT2D eigenvalue weighted by atomic mass is 11.8. The first-order valence-electron chi connectivity index (χ1n) is 0.991. The molecule has 0 amide bonds.